The van der Waals surface area contributed by atoms with E-state index < -0.39 is 9.84 Å². The van der Waals surface area contributed by atoms with Gasteiger partial charge in [0.15, 0.2) is 0 Å². The number of unbranched alkanes of at least 4 members (excludes halogenated alkanes) is 6. The van der Waals surface area contributed by atoms with Crippen LogP contribution in [0.15, 0.2) is 0 Å². The molecular formula is C14H32N2O2S. The Morgan fingerprint density at radius 2 is 1.37 bits per heavy atom. The Morgan fingerprint density at radius 3 is 1.95 bits per heavy atom. The summed E-state index contributed by atoms with van der Waals surface area (Å²) in [6.07, 6.45) is 9.09. The molecule has 4 nitrogen and oxygen atoms in total. The fraction of sp³-hybridized carbons (Fsp3) is 1.00. The fourth-order valence-electron chi connectivity index (χ4n) is 1.95. The Hall–Kier alpha value is -0.130. The van der Waals surface area contributed by atoms with Gasteiger partial charge in [-0.1, -0.05) is 39.0 Å². The SMILES string of the molecule is CCS(=O)(=O)CCCCCCCCCNCCCN. The van der Waals surface area contributed by atoms with Crippen LogP contribution in [0, 0.1) is 0 Å². The minimum absolute atomic E-state index is 0.282. The van der Waals surface area contributed by atoms with Crippen molar-refractivity contribution in [2.75, 3.05) is 31.1 Å². The molecule has 0 bridgehead atoms. The highest BCUT2D eigenvalue weighted by molar-refractivity contribution is 7.91. The van der Waals surface area contributed by atoms with Crippen molar-refractivity contribution in [2.45, 2.75) is 58.3 Å². The second-order valence-electron chi connectivity index (χ2n) is 5.10. The lowest BCUT2D eigenvalue weighted by molar-refractivity contribution is 0.555. The number of nitrogens with two attached hydrogens (primary N) is 1. The highest BCUT2D eigenvalue weighted by Crippen LogP contribution is 2.08. The average Bonchev–Trinajstić information content (AvgIpc) is 2.40. The molecule has 0 fully saturated rings. The van der Waals surface area contributed by atoms with Gasteiger partial charge in [0.05, 0.1) is 5.75 Å². The second-order valence-corrected chi connectivity index (χ2v) is 7.58. The zero-order valence-electron chi connectivity index (χ0n) is 12.5. The standard InChI is InChI=1S/C14H32N2O2S/c1-2-19(17,18)14-9-7-5-3-4-6-8-12-16-13-10-11-15/h16H,2-15H2,1H3. The van der Waals surface area contributed by atoms with Gasteiger partial charge >= 0.3 is 0 Å². The van der Waals surface area contributed by atoms with E-state index in [1.807, 2.05) is 0 Å². The third-order valence-corrected chi connectivity index (χ3v) is 5.10. The lowest BCUT2D eigenvalue weighted by atomic mass is 10.1. The van der Waals surface area contributed by atoms with Crippen molar-refractivity contribution in [2.24, 2.45) is 5.73 Å². The first kappa shape index (κ1) is 18.9. The molecule has 19 heavy (non-hydrogen) atoms. The maximum Gasteiger partial charge on any atom is 0.150 e. The molecule has 0 saturated heterocycles. The van der Waals surface area contributed by atoms with Crippen LogP contribution in [0.2, 0.25) is 0 Å². The predicted molar refractivity (Wildman–Crippen MR) is 83.2 cm³/mol. The van der Waals surface area contributed by atoms with Crippen molar-refractivity contribution < 1.29 is 8.42 Å². The Labute approximate surface area is 119 Å². The molecule has 0 aliphatic rings. The van der Waals surface area contributed by atoms with Gasteiger partial charge in [0, 0.05) is 5.75 Å². The highest BCUT2D eigenvalue weighted by atomic mass is 32.2. The Balaban J connectivity index is 3.11. The average molecular weight is 292 g/mol. The first-order chi connectivity index (χ1) is 9.12. The maximum absolute atomic E-state index is 11.3. The van der Waals surface area contributed by atoms with Crippen molar-refractivity contribution in [3.8, 4) is 0 Å². The molecule has 0 aromatic carbocycles. The molecule has 0 spiro atoms. The van der Waals surface area contributed by atoms with E-state index in [2.05, 4.69) is 5.32 Å². The molecule has 0 amide bonds. The van der Waals surface area contributed by atoms with Gasteiger partial charge in [-0.3, -0.25) is 0 Å². The molecule has 0 aliphatic heterocycles. The minimum atomic E-state index is -2.75. The van der Waals surface area contributed by atoms with E-state index in [-0.39, 0.29) is 5.75 Å². The van der Waals surface area contributed by atoms with Crippen LogP contribution in [0.3, 0.4) is 0 Å². The summed E-state index contributed by atoms with van der Waals surface area (Å²) in [5.74, 6) is 0.652. The largest absolute Gasteiger partial charge is 0.330 e. The fourth-order valence-corrected chi connectivity index (χ4v) is 2.88. The molecule has 5 heteroatoms. The molecule has 3 N–H and O–H groups in total. The van der Waals surface area contributed by atoms with Crippen molar-refractivity contribution in [3.05, 3.63) is 0 Å². The van der Waals surface area contributed by atoms with E-state index in [0.29, 0.717) is 5.75 Å². The van der Waals surface area contributed by atoms with Gasteiger partial charge in [-0.25, -0.2) is 8.42 Å². The smallest absolute Gasteiger partial charge is 0.150 e. The molecule has 0 unspecified atom stereocenters. The van der Waals surface area contributed by atoms with Crippen LogP contribution in [0.5, 0.6) is 0 Å². The molecule has 0 radical (unpaired) electrons. The van der Waals surface area contributed by atoms with Crippen LogP contribution in [0.4, 0.5) is 0 Å². The van der Waals surface area contributed by atoms with Crippen LogP contribution in [-0.4, -0.2) is 39.6 Å². The van der Waals surface area contributed by atoms with Gasteiger partial charge < -0.3 is 11.1 Å². The van der Waals surface area contributed by atoms with Gasteiger partial charge in [-0.2, -0.15) is 0 Å². The molecule has 0 aliphatic carbocycles. The molecule has 0 atom stereocenters. The number of rotatable bonds is 14. The van der Waals surface area contributed by atoms with Crippen molar-refractivity contribution in [1.82, 2.24) is 5.32 Å². The molecule has 0 aromatic heterocycles. The lowest BCUT2D eigenvalue weighted by Crippen LogP contribution is -2.19. The summed E-state index contributed by atoms with van der Waals surface area (Å²) in [7, 11) is -2.75. The van der Waals surface area contributed by atoms with Crippen LogP contribution >= 0.6 is 0 Å². The number of sulfone groups is 1. The molecule has 0 aromatic rings. The van der Waals surface area contributed by atoms with Gasteiger partial charge in [0.2, 0.25) is 0 Å². The topological polar surface area (TPSA) is 72.2 Å². The van der Waals surface area contributed by atoms with E-state index in [4.69, 9.17) is 5.73 Å². The normalized spacial score (nSPS) is 11.9. The van der Waals surface area contributed by atoms with Crippen LogP contribution < -0.4 is 11.1 Å². The molecule has 0 rings (SSSR count). The minimum Gasteiger partial charge on any atom is -0.330 e. The third-order valence-electron chi connectivity index (χ3n) is 3.31. The number of nitrogens with one attached hydrogen (secondary N) is 1. The maximum atomic E-state index is 11.3. The summed E-state index contributed by atoms with van der Waals surface area (Å²) in [4.78, 5) is 0. The second kappa shape index (κ2) is 12.9. The summed E-state index contributed by atoms with van der Waals surface area (Å²) in [6.45, 7) is 4.61. The lowest BCUT2D eigenvalue weighted by Gasteiger charge is -2.04. The highest BCUT2D eigenvalue weighted by Gasteiger charge is 2.05. The van der Waals surface area contributed by atoms with E-state index in [1.165, 1.54) is 32.1 Å². The zero-order chi connectivity index (χ0) is 14.4. The predicted octanol–water partition coefficient (Wildman–Crippen LogP) is 2.09. The number of hydrogen-bond donors (Lipinski definition) is 2. The first-order valence-electron chi connectivity index (χ1n) is 7.73. The summed E-state index contributed by atoms with van der Waals surface area (Å²) >= 11 is 0. The molecule has 0 heterocycles. The summed E-state index contributed by atoms with van der Waals surface area (Å²) < 4.78 is 22.5. The number of hydrogen-bond acceptors (Lipinski definition) is 4. The molecule has 0 saturated carbocycles. The summed E-state index contributed by atoms with van der Waals surface area (Å²) in [6, 6.07) is 0. The summed E-state index contributed by atoms with van der Waals surface area (Å²) in [5, 5.41) is 3.37. The van der Waals surface area contributed by atoms with E-state index >= 15 is 0 Å². The van der Waals surface area contributed by atoms with Crippen LogP contribution in [0.1, 0.15) is 58.3 Å². The van der Waals surface area contributed by atoms with Gasteiger partial charge in [0.25, 0.3) is 0 Å². The van der Waals surface area contributed by atoms with Gasteiger partial charge in [-0.15, -0.1) is 0 Å². The monoisotopic (exact) mass is 292 g/mol. The van der Waals surface area contributed by atoms with E-state index in [1.54, 1.807) is 6.92 Å². The van der Waals surface area contributed by atoms with E-state index in [9.17, 15) is 8.42 Å². The zero-order valence-corrected chi connectivity index (χ0v) is 13.3. The quantitative estimate of drug-likeness (QED) is 0.481. The molecule has 116 valence electrons. The Kier molecular flexibility index (Phi) is 12.8. The van der Waals surface area contributed by atoms with Gasteiger partial charge in [-0.05, 0) is 38.9 Å². The van der Waals surface area contributed by atoms with Gasteiger partial charge in [0.1, 0.15) is 9.84 Å². The Morgan fingerprint density at radius 1 is 0.842 bits per heavy atom. The van der Waals surface area contributed by atoms with E-state index in [0.717, 1.165) is 38.9 Å². The van der Waals surface area contributed by atoms with Crippen molar-refractivity contribution >= 4 is 9.84 Å². The van der Waals surface area contributed by atoms with Crippen LogP contribution in [0.25, 0.3) is 0 Å². The Bertz CT molecular complexity index is 279. The summed E-state index contributed by atoms with van der Waals surface area (Å²) in [5.41, 5.74) is 5.41. The van der Waals surface area contributed by atoms with Crippen LogP contribution in [-0.2, 0) is 9.84 Å². The molecular weight excluding hydrogens is 260 g/mol. The van der Waals surface area contributed by atoms with Crippen molar-refractivity contribution in [3.63, 3.8) is 0 Å². The third kappa shape index (κ3) is 14.1. The van der Waals surface area contributed by atoms with Crippen molar-refractivity contribution in [1.29, 1.82) is 0 Å². The first-order valence-corrected chi connectivity index (χ1v) is 9.55.